The first kappa shape index (κ1) is 22.8. The third-order valence-electron chi connectivity index (χ3n) is 4.84. The number of alkyl halides is 2. The molecule has 2 heterocycles. The number of halogens is 3. The molecular weight excluding hydrogens is 423 g/mol. The summed E-state index contributed by atoms with van der Waals surface area (Å²) >= 11 is 0. The number of fused-ring (bicyclic) bond motifs is 1. The van der Waals surface area contributed by atoms with Gasteiger partial charge in [0, 0.05) is 18.0 Å². The Balaban J connectivity index is 2.11. The van der Waals surface area contributed by atoms with Crippen molar-refractivity contribution in [3.63, 3.8) is 0 Å². The Morgan fingerprint density at radius 2 is 2.06 bits per heavy atom. The van der Waals surface area contributed by atoms with Crippen LogP contribution in [0.15, 0.2) is 35.5 Å². The van der Waals surface area contributed by atoms with Crippen LogP contribution in [0.4, 0.5) is 18.0 Å². The second kappa shape index (κ2) is 9.51. The average molecular weight is 443 g/mol. The predicted octanol–water partition coefficient (Wildman–Crippen LogP) is 3.63. The van der Waals surface area contributed by atoms with Crippen LogP contribution in [0.5, 0.6) is 0 Å². The number of nitrogens with one attached hydrogen (secondary N) is 1. The van der Waals surface area contributed by atoms with Crippen molar-refractivity contribution in [2.24, 2.45) is 12.0 Å². The first-order valence-electron chi connectivity index (χ1n) is 9.58. The Hall–Kier alpha value is -3.87. The van der Waals surface area contributed by atoms with Crippen molar-refractivity contribution in [2.75, 3.05) is 6.54 Å². The molecule has 0 saturated carbocycles. The lowest BCUT2D eigenvalue weighted by atomic mass is 10.0. The molecule has 0 aliphatic carbocycles. The number of amides is 1. The number of carbonyl (C=O) groups is 1. The van der Waals surface area contributed by atoms with Crippen LogP contribution in [0.1, 0.15) is 42.0 Å². The Morgan fingerprint density at radius 1 is 1.34 bits per heavy atom. The average Bonchev–Trinajstić information content (AvgIpc) is 2.74. The summed E-state index contributed by atoms with van der Waals surface area (Å²) < 4.78 is 42.5. The van der Waals surface area contributed by atoms with E-state index in [1.165, 1.54) is 12.1 Å². The number of pyridine rings is 1. The highest BCUT2D eigenvalue weighted by Crippen LogP contribution is 2.28. The first-order chi connectivity index (χ1) is 15.2. The summed E-state index contributed by atoms with van der Waals surface area (Å²) in [5, 5.41) is 11.3. The molecule has 3 aromatic rings. The van der Waals surface area contributed by atoms with Crippen molar-refractivity contribution < 1.29 is 23.1 Å². The van der Waals surface area contributed by atoms with Crippen LogP contribution in [-0.4, -0.2) is 32.3 Å². The highest BCUT2D eigenvalue weighted by molar-refractivity contribution is 5.78. The second-order valence-electron chi connectivity index (χ2n) is 6.95. The minimum Gasteiger partial charge on any atom is -0.465 e. The van der Waals surface area contributed by atoms with E-state index in [0.29, 0.717) is 27.9 Å². The van der Waals surface area contributed by atoms with Gasteiger partial charge in [0.2, 0.25) is 0 Å². The molecule has 0 bridgehead atoms. The molecule has 1 aromatic carbocycles. The van der Waals surface area contributed by atoms with Crippen molar-refractivity contribution in [3.05, 3.63) is 64.4 Å². The van der Waals surface area contributed by atoms with Gasteiger partial charge in [-0.3, -0.25) is 4.99 Å². The molecule has 0 fully saturated rings. The number of nitrogens with zero attached hydrogens (tertiary/aromatic N) is 4. The quantitative estimate of drug-likeness (QED) is 0.603. The molecule has 1 amide bonds. The second-order valence-corrected chi connectivity index (χ2v) is 6.95. The Kier molecular flexibility index (Phi) is 6.78. The monoisotopic (exact) mass is 443 g/mol. The fraction of sp³-hybridized carbons (Fsp3) is 0.273. The summed E-state index contributed by atoms with van der Waals surface area (Å²) in [6.07, 6.45) is -2.53. The van der Waals surface area contributed by atoms with Gasteiger partial charge >= 0.3 is 6.09 Å². The highest BCUT2D eigenvalue weighted by Gasteiger charge is 2.19. The molecule has 10 heteroatoms. The van der Waals surface area contributed by atoms with E-state index in [2.05, 4.69) is 32.1 Å². The molecule has 0 saturated heterocycles. The first-order valence-corrected chi connectivity index (χ1v) is 9.58. The summed E-state index contributed by atoms with van der Waals surface area (Å²) in [5.74, 6) is 5.05. The zero-order chi connectivity index (χ0) is 23.4. The summed E-state index contributed by atoms with van der Waals surface area (Å²) in [7, 11) is 1.80. The van der Waals surface area contributed by atoms with E-state index >= 15 is 0 Å². The van der Waals surface area contributed by atoms with E-state index in [0.717, 1.165) is 6.07 Å². The summed E-state index contributed by atoms with van der Waals surface area (Å²) in [4.78, 5) is 23.8. The van der Waals surface area contributed by atoms with Gasteiger partial charge in [-0.05, 0) is 25.8 Å². The van der Waals surface area contributed by atoms with Crippen LogP contribution in [0.25, 0.3) is 10.9 Å². The van der Waals surface area contributed by atoms with Gasteiger partial charge in [0.25, 0.3) is 6.43 Å². The van der Waals surface area contributed by atoms with E-state index < -0.39 is 29.9 Å². The number of aromatic nitrogens is 3. The van der Waals surface area contributed by atoms with Gasteiger partial charge in [0.15, 0.2) is 5.49 Å². The zero-order valence-corrected chi connectivity index (χ0v) is 17.5. The van der Waals surface area contributed by atoms with Crippen LogP contribution in [-0.2, 0) is 7.05 Å². The van der Waals surface area contributed by atoms with Gasteiger partial charge in [-0.2, -0.15) is 0 Å². The van der Waals surface area contributed by atoms with Crippen molar-refractivity contribution in [2.45, 2.75) is 26.3 Å². The van der Waals surface area contributed by atoms with Crippen molar-refractivity contribution in [1.29, 1.82) is 0 Å². The van der Waals surface area contributed by atoms with Crippen molar-refractivity contribution in [1.82, 2.24) is 19.9 Å². The molecule has 3 rings (SSSR count). The lowest BCUT2D eigenvalue weighted by Gasteiger charge is -2.13. The van der Waals surface area contributed by atoms with Crippen LogP contribution in [0.2, 0.25) is 0 Å². The summed E-state index contributed by atoms with van der Waals surface area (Å²) in [5.41, 5.74) is 0.719. The number of rotatable bonds is 4. The Bertz CT molecular complexity index is 1310. The maximum atomic E-state index is 14.6. The van der Waals surface area contributed by atoms with Gasteiger partial charge in [-0.15, -0.1) is 0 Å². The Morgan fingerprint density at radius 3 is 2.75 bits per heavy atom. The van der Waals surface area contributed by atoms with E-state index in [-0.39, 0.29) is 12.1 Å². The third-order valence-corrected chi connectivity index (χ3v) is 4.84. The topological polar surface area (TPSA) is 92.4 Å². The van der Waals surface area contributed by atoms with Crippen LogP contribution in [0, 0.1) is 24.6 Å². The van der Waals surface area contributed by atoms with Crippen LogP contribution < -0.4 is 10.8 Å². The number of hydrogen-bond donors (Lipinski definition) is 2. The molecule has 0 radical (unpaired) electrons. The highest BCUT2D eigenvalue weighted by atomic mass is 19.3. The van der Waals surface area contributed by atoms with E-state index in [1.54, 1.807) is 37.7 Å². The van der Waals surface area contributed by atoms with Gasteiger partial charge in [-0.25, -0.2) is 27.9 Å². The van der Waals surface area contributed by atoms with Crippen molar-refractivity contribution >= 4 is 17.0 Å². The van der Waals surface area contributed by atoms with Gasteiger partial charge < -0.3 is 15.0 Å². The maximum Gasteiger partial charge on any atom is 0.405 e. The van der Waals surface area contributed by atoms with Crippen LogP contribution >= 0.6 is 0 Å². The van der Waals surface area contributed by atoms with Crippen LogP contribution in [0.3, 0.4) is 0 Å². The van der Waals surface area contributed by atoms with Crippen molar-refractivity contribution in [3.8, 4) is 11.8 Å². The smallest absolute Gasteiger partial charge is 0.405 e. The van der Waals surface area contributed by atoms with E-state index in [4.69, 9.17) is 5.11 Å². The maximum absolute atomic E-state index is 14.6. The Labute approximate surface area is 181 Å². The van der Waals surface area contributed by atoms with E-state index in [1.807, 2.05) is 0 Å². The van der Waals surface area contributed by atoms with Gasteiger partial charge in [0.1, 0.15) is 17.3 Å². The molecule has 2 N–H and O–H groups in total. The molecule has 7 nitrogen and oxygen atoms in total. The zero-order valence-electron chi connectivity index (χ0n) is 17.5. The largest absolute Gasteiger partial charge is 0.465 e. The molecule has 1 atom stereocenters. The van der Waals surface area contributed by atoms with Gasteiger partial charge in [-0.1, -0.05) is 24.1 Å². The minimum absolute atomic E-state index is 0.0393. The summed E-state index contributed by atoms with van der Waals surface area (Å²) in [6, 6.07) is 4.70. The molecule has 32 heavy (non-hydrogen) atoms. The number of hydrogen-bond acceptors (Lipinski definition) is 4. The van der Waals surface area contributed by atoms with E-state index in [9.17, 15) is 18.0 Å². The predicted molar refractivity (Wildman–Crippen MR) is 111 cm³/mol. The number of aryl methyl sites for hydroxylation is 2. The third kappa shape index (κ3) is 4.88. The lowest BCUT2D eigenvalue weighted by molar-refractivity contribution is 0.146. The SMILES string of the molecule is Cc1nc(=NC(C)c2cccc(C(F)F)c2F)c2cc(C#CCNC(=O)O)ncc2n1C. The molecule has 0 aliphatic heterocycles. The molecule has 0 aliphatic rings. The van der Waals surface area contributed by atoms with Gasteiger partial charge in [0.05, 0.1) is 29.9 Å². The molecule has 166 valence electrons. The lowest BCUT2D eigenvalue weighted by Crippen LogP contribution is -2.20. The molecular formula is C22H20F3N5O2. The normalized spacial score (nSPS) is 12.5. The fourth-order valence-corrected chi connectivity index (χ4v) is 3.09. The number of benzene rings is 1. The minimum atomic E-state index is -2.93. The number of carboxylic acid groups (broad SMARTS) is 1. The fourth-order valence-electron chi connectivity index (χ4n) is 3.09. The molecule has 2 aromatic heterocycles. The molecule has 0 spiro atoms. The molecule has 1 unspecified atom stereocenters. The summed E-state index contributed by atoms with van der Waals surface area (Å²) in [6.45, 7) is 3.30. The standard InChI is InChI=1S/C22H20F3N5O2/c1-12(15-7-4-8-16(19(15)23)20(24)25)28-21-17-10-14(6-5-9-26-22(31)32)27-11-18(17)30(3)13(2)29-21/h4,7-8,10-12,20,26H,9H2,1-3H3,(H,31,32).